The smallest absolute Gasteiger partial charge is 0.240 e. The van der Waals surface area contributed by atoms with Crippen LogP contribution in [0.5, 0.6) is 5.75 Å². The van der Waals surface area contributed by atoms with E-state index >= 15 is 0 Å². The van der Waals surface area contributed by atoms with E-state index in [0.717, 1.165) is 0 Å². The third-order valence-corrected chi connectivity index (χ3v) is 3.23. The molecule has 2 amide bonds. The summed E-state index contributed by atoms with van der Waals surface area (Å²) >= 11 is 0. The molecule has 2 aromatic carbocycles. The summed E-state index contributed by atoms with van der Waals surface area (Å²) in [6, 6.07) is 12.5. The molecule has 0 fully saturated rings. The fraction of sp³-hybridized carbons (Fsp3) is 0.167. The zero-order valence-electron chi connectivity index (χ0n) is 13.7. The van der Waals surface area contributed by atoms with Crippen LogP contribution in [0.3, 0.4) is 0 Å². The molecule has 0 radical (unpaired) electrons. The van der Waals surface area contributed by atoms with E-state index in [2.05, 4.69) is 15.8 Å². The highest BCUT2D eigenvalue weighted by atomic mass is 19.1. The average Bonchev–Trinajstić information content (AvgIpc) is 2.62. The molecule has 0 aliphatic rings. The van der Waals surface area contributed by atoms with E-state index < -0.39 is 0 Å². The van der Waals surface area contributed by atoms with Crippen LogP contribution in [0.2, 0.25) is 0 Å². The summed E-state index contributed by atoms with van der Waals surface area (Å²) in [6.45, 7) is 0. The molecule has 7 heteroatoms. The molecule has 2 aromatic rings. The molecular weight excluding hydrogens is 325 g/mol. The molecule has 0 unspecified atom stereocenters. The maximum atomic E-state index is 12.7. The molecule has 0 saturated heterocycles. The highest BCUT2D eigenvalue weighted by Crippen LogP contribution is 2.15. The molecular formula is C18H18FN3O3. The monoisotopic (exact) mass is 343 g/mol. The van der Waals surface area contributed by atoms with Crippen LogP contribution in [-0.4, -0.2) is 25.1 Å². The Balaban J connectivity index is 1.71. The largest absolute Gasteiger partial charge is 0.497 e. The van der Waals surface area contributed by atoms with E-state index in [4.69, 9.17) is 4.74 Å². The minimum Gasteiger partial charge on any atom is -0.497 e. The summed E-state index contributed by atoms with van der Waals surface area (Å²) in [7, 11) is 1.56. The molecule has 2 rings (SSSR count). The number of hydrogen-bond acceptors (Lipinski definition) is 4. The normalized spacial score (nSPS) is 10.5. The van der Waals surface area contributed by atoms with Gasteiger partial charge in [-0.05, 0) is 42.0 Å². The average molecular weight is 343 g/mol. The van der Waals surface area contributed by atoms with Gasteiger partial charge in [0, 0.05) is 18.5 Å². The van der Waals surface area contributed by atoms with Crippen molar-refractivity contribution in [3.05, 3.63) is 59.9 Å². The van der Waals surface area contributed by atoms with Gasteiger partial charge in [-0.25, -0.2) is 9.82 Å². The molecule has 2 N–H and O–H groups in total. The van der Waals surface area contributed by atoms with Crippen LogP contribution in [0.25, 0.3) is 0 Å². The number of nitrogens with zero attached hydrogens (tertiary/aromatic N) is 1. The number of carbonyl (C=O) groups excluding carboxylic acids is 2. The molecule has 0 saturated carbocycles. The molecule has 0 spiro atoms. The van der Waals surface area contributed by atoms with E-state index in [0.29, 0.717) is 17.0 Å². The minimum absolute atomic E-state index is 0.00272. The van der Waals surface area contributed by atoms with Crippen molar-refractivity contribution in [3.63, 3.8) is 0 Å². The standard InChI is InChI=1S/C18H18FN3O3/c1-25-16-8-6-15(7-9-16)21-17(23)10-11-18(24)22-20-12-13-2-4-14(19)5-3-13/h2-9,12H,10-11H2,1H3,(H,21,23)(H,22,24)/b20-12+. The SMILES string of the molecule is COc1ccc(NC(=O)CCC(=O)N/N=C/c2ccc(F)cc2)cc1. The first-order valence-corrected chi connectivity index (χ1v) is 7.58. The van der Waals surface area contributed by atoms with E-state index in [9.17, 15) is 14.0 Å². The number of amides is 2. The topological polar surface area (TPSA) is 79.8 Å². The van der Waals surface area contributed by atoms with Crippen molar-refractivity contribution < 1.29 is 18.7 Å². The van der Waals surface area contributed by atoms with Crippen LogP contribution in [0, 0.1) is 5.82 Å². The van der Waals surface area contributed by atoms with Gasteiger partial charge in [0.25, 0.3) is 0 Å². The van der Waals surface area contributed by atoms with Crippen molar-refractivity contribution in [3.8, 4) is 5.75 Å². The first-order chi connectivity index (χ1) is 12.1. The summed E-state index contributed by atoms with van der Waals surface area (Å²) in [5, 5.41) is 6.45. The van der Waals surface area contributed by atoms with Gasteiger partial charge in [-0.3, -0.25) is 9.59 Å². The summed E-state index contributed by atoms with van der Waals surface area (Å²) in [6.07, 6.45) is 1.43. The second kappa shape index (κ2) is 9.17. The molecule has 0 heterocycles. The van der Waals surface area contributed by atoms with Gasteiger partial charge in [-0.1, -0.05) is 12.1 Å². The number of nitrogens with one attached hydrogen (secondary N) is 2. The van der Waals surface area contributed by atoms with Crippen LogP contribution in [0.15, 0.2) is 53.6 Å². The van der Waals surface area contributed by atoms with Crippen molar-refractivity contribution in [1.29, 1.82) is 0 Å². The van der Waals surface area contributed by atoms with Crippen LogP contribution in [-0.2, 0) is 9.59 Å². The van der Waals surface area contributed by atoms with Gasteiger partial charge in [0.2, 0.25) is 11.8 Å². The first-order valence-electron chi connectivity index (χ1n) is 7.58. The maximum absolute atomic E-state index is 12.7. The molecule has 0 aromatic heterocycles. The quantitative estimate of drug-likeness (QED) is 0.599. The van der Waals surface area contributed by atoms with Crippen LogP contribution >= 0.6 is 0 Å². The van der Waals surface area contributed by atoms with Gasteiger partial charge in [0.15, 0.2) is 0 Å². The lowest BCUT2D eigenvalue weighted by Gasteiger charge is -2.06. The minimum atomic E-state index is -0.386. The lowest BCUT2D eigenvalue weighted by molar-refractivity contribution is -0.124. The number of halogens is 1. The zero-order valence-corrected chi connectivity index (χ0v) is 13.7. The Morgan fingerprint density at radius 2 is 1.68 bits per heavy atom. The van der Waals surface area contributed by atoms with Gasteiger partial charge in [-0.15, -0.1) is 0 Å². The second-order valence-electron chi connectivity index (χ2n) is 5.12. The summed E-state index contributed by atoms with van der Waals surface area (Å²) in [4.78, 5) is 23.4. The van der Waals surface area contributed by atoms with Crippen molar-refractivity contribution in [2.24, 2.45) is 5.10 Å². The lowest BCUT2D eigenvalue weighted by Crippen LogP contribution is -2.20. The van der Waals surface area contributed by atoms with Crippen LogP contribution in [0.4, 0.5) is 10.1 Å². The van der Waals surface area contributed by atoms with Gasteiger partial charge in [-0.2, -0.15) is 5.10 Å². The second-order valence-corrected chi connectivity index (χ2v) is 5.12. The first kappa shape index (κ1) is 18.1. The van der Waals surface area contributed by atoms with E-state index in [1.165, 1.54) is 30.5 Å². The molecule has 130 valence electrons. The van der Waals surface area contributed by atoms with Crippen molar-refractivity contribution in [2.45, 2.75) is 12.8 Å². The van der Waals surface area contributed by atoms with Crippen LogP contribution in [0.1, 0.15) is 18.4 Å². The number of benzene rings is 2. The summed E-state index contributed by atoms with van der Waals surface area (Å²) in [5.74, 6) is -0.313. The molecule has 0 aliphatic carbocycles. The molecule has 0 atom stereocenters. The number of carbonyl (C=O) groups is 2. The van der Waals surface area contributed by atoms with Crippen molar-refractivity contribution >= 4 is 23.7 Å². The summed E-state index contributed by atoms with van der Waals surface area (Å²) in [5.41, 5.74) is 3.60. The Morgan fingerprint density at radius 3 is 2.32 bits per heavy atom. The number of hydrogen-bond donors (Lipinski definition) is 2. The Kier molecular flexibility index (Phi) is 6.65. The maximum Gasteiger partial charge on any atom is 0.240 e. The number of methoxy groups -OCH3 is 1. The summed E-state index contributed by atoms with van der Waals surface area (Å²) < 4.78 is 17.8. The predicted molar refractivity (Wildman–Crippen MR) is 93.0 cm³/mol. The molecule has 0 aliphatic heterocycles. The lowest BCUT2D eigenvalue weighted by atomic mass is 10.2. The third-order valence-electron chi connectivity index (χ3n) is 3.23. The Hall–Kier alpha value is -3.22. The number of rotatable bonds is 7. The molecule has 6 nitrogen and oxygen atoms in total. The molecule has 0 bridgehead atoms. The fourth-order valence-corrected chi connectivity index (χ4v) is 1.91. The van der Waals surface area contributed by atoms with E-state index in [1.807, 2.05) is 0 Å². The highest BCUT2D eigenvalue weighted by molar-refractivity contribution is 5.93. The number of anilines is 1. The van der Waals surface area contributed by atoms with Gasteiger partial charge < -0.3 is 10.1 Å². The number of hydrazone groups is 1. The van der Waals surface area contributed by atoms with Gasteiger partial charge in [0.05, 0.1) is 13.3 Å². The van der Waals surface area contributed by atoms with Gasteiger partial charge >= 0.3 is 0 Å². The Morgan fingerprint density at radius 1 is 1.04 bits per heavy atom. The third kappa shape index (κ3) is 6.42. The van der Waals surface area contributed by atoms with Crippen molar-refractivity contribution in [2.75, 3.05) is 12.4 Å². The van der Waals surface area contributed by atoms with E-state index in [1.54, 1.807) is 31.4 Å². The number of ether oxygens (including phenoxy) is 1. The van der Waals surface area contributed by atoms with Crippen LogP contribution < -0.4 is 15.5 Å². The van der Waals surface area contributed by atoms with E-state index in [-0.39, 0.29) is 30.5 Å². The van der Waals surface area contributed by atoms with Crippen molar-refractivity contribution in [1.82, 2.24) is 5.43 Å². The highest BCUT2D eigenvalue weighted by Gasteiger charge is 2.06. The predicted octanol–water partition coefficient (Wildman–Crippen LogP) is 2.70. The zero-order chi connectivity index (χ0) is 18.1. The fourth-order valence-electron chi connectivity index (χ4n) is 1.91. The Labute approximate surface area is 144 Å². The van der Waals surface area contributed by atoms with Gasteiger partial charge in [0.1, 0.15) is 11.6 Å². The molecule has 25 heavy (non-hydrogen) atoms. The Bertz CT molecular complexity index is 743.